The first-order valence-corrected chi connectivity index (χ1v) is 7.94. The molecule has 0 saturated carbocycles. The lowest BCUT2D eigenvalue weighted by molar-refractivity contribution is 0.0453. The highest BCUT2D eigenvalue weighted by Gasteiger charge is 2.30. The SMILES string of the molecule is CN1CCC(N(CCCO)C2CCN(C)CC2)CC1. The fraction of sp³-hybridized carbons (Fsp3) is 1.00. The quantitative estimate of drug-likeness (QED) is 0.802. The Labute approximate surface area is 118 Å². The van der Waals surface area contributed by atoms with Crippen LogP contribution in [0.1, 0.15) is 32.1 Å². The first kappa shape index (κ1) is 15.2. The van der Waals surface area contributed by atoms with E-state index >= 15 is 0 Å². The molecule has 0 atom stereocenters. The van der Waals surface area contributed by atoms with Crippen LogP contribution < -0.4 is 0 Å². The largest absolute Gasteiger partial charge is 0.396 e. The molecule has 2 saturated heterocycles. The molecule has 2 aliphatic rings. The van der Waals surface area contributed by atoms with Crippen LogP contribution in [0.5, 0.6) is 0 Å². The Morgan fingerprint density at radius 2 is 1.32 bits per heavy atom. The first-order valence-electron chi connectivity index (χ1n) is 7.94. The molecule has 0 radical (unpaired) electrons. The van der Waals surface area contributed by atoms with Crippen molar-refractivity contribution in [1.82, 2.24) is 14.7 Å². The molecule has 0 aromatic heterocycles. The van der Waals surface area contributed by atoms with E-state index in [4.69, 9.17) is 5.11 Å². The highest BCUT2D eigenvalue weighted by atomic mass is 16.3. The van der Waals surface area contributed by atoms with Crippen LogP contribution in [0.4, 0.5) is 0 Å². The predicted octanol–water partition coefficient (Wildman–Crippen LogP) is 0.859. The lowest BCUT2D eigenvalue weighted by atomic mass is 9.96. The van der Waals surface area contributed by atoms with Gasteiger partial charge in [0, 0.05) is 25.2 Å². The summed E-state index contributed by atoms with van der Waals surface area (Å²) in [5.74, 6) is 0. The Balaban J connectivity index is 1.90. The molecule has 2 aliphatic heterocycles. The summed E-state index contributed by atoms with van der Waals surface area (Å²) in [6, 6.07) is 1.49. The van der Waals surface area contributed by atoms with E-state index < -0.39 is 0 Å². The lowest BCUT2D eigenvalue weighted by Gasteiger charge is -2.44. The summed E-state index contributed by atoms with van der Waals surface area (Å²) < 4.78 is 0. The molecule has 0 aliphatic carbocycles. The van der Waals surface area contributed by atoms with Gasteiger partial charge in [-0.3, -0.25) is 4.90 Å². The molecule has 112 valence electrons. The summed E-state index contributed by atoms with van der Waals surface area (Å²) in [6.07, 6.45) is 6.13. The summed E-state index contributed by atoms with van der Waals surface area (Å²) >= 11 is 0. The van der Waals surface area contributed by atoms with Crippen LogP contribution >= 0.6 is 0 Å². The zero-order chi connectivity index (χ0) is 13.7. The zero-order valence-corrected chi connectivity index (χ0v) is 12.7. The van der Waals surface area contributed by atoms with Crippen molar-refractivity contribution in [3.63, 3.8) is 0 Å². The Kier molecular flexibility index (Phi) is 6.07. The van der Waals surface area contributed by atoms with Crippen LogP contribution in [0.25, 0.3) is 0 Å². The summed E-state index contributed by atoms with van der Waals surface area (Å²) in [6.45, 7) is 6.33. The van der Waals surface area contributed by atoms with Gasteiger partial charge in [-0.2, -0.15) is 0 Å². The van der Waals surface area contributed by atoms with E-state index in [0.29, 0.717) is 6.61 Å². The summed E-state index contributed by atoms with van der Waals surface area (Å²) in [4.78, 5) is 7.61. The average molecular weight is 269 g/mol. The van der Waals surface area contributed by atoms with Crippen molar-refractivity contribution < 1.29 is 5.11 Å². The molecule has 0 unspecified atom stereocenters. The third-order valence-corrected chi connectivity index (χ3v) is 4.89. The molecule has 1 N–H and O–H groups in total. The van der Waals surface area contributed by atoms with Crippen molar-refractivity contribution in [1.29, 1.82) is 0 Å². The van der Waals surface area contributed by atoms with E-state index in [0.717, 1.165) is 25.0 Å². The van der Waals surface area contributed by atoms with Gasteiger partial charge in [0.15, 0.2) is 0 Å². The number of nitrogens with zero attached hydrogens (tertiary/aromatic N) is 3. The monoisotopic (exact) mass is 269 g/mol. The van der Waals surface area contributed by atoms with Crippen LogP contribution in [0.2, 0.25) is 0 Å². The standard InChI is InChI=1S/C15H31N3O/c1-16-9-4-14(5-10-16)18(8-3-13-19)15-6-11-17(2)12-7-15/h14-15,19H,3-13H2,1-2H3. The smallest absolute Gasteiger partial charge is 0.0443 e. The third-order valence-electron chi connectivity index (χ3n) is 4.89. The number of likely N-dealkylation sites (tertiary alicyclic amines) is 2. The number of piperidine rings is 2. The molecule has 4 nitrogen and oxygen atoms in total. The van der Waals surface area contributed by atoms with E-state index in [1.54, 1.807) is 0 Å². The van der Waals surface area contributed by atoms with E-state index in [1.165, 1.54) is 51.9 Å². The molecule has 0 bridgehead atoms. The van der Waals surface area contributed by atoms with Crippen molar-refractivity contribution in [3.8, 4) is 0 Å². The van der Waals surface area contributed by atoms with Crippen molar-refractivity contribution in [2.75, 3.05) is 53.4 Å². The van der Waals surface area contributed by atoms with Crippen LogP contribution in [0.15, 0.2) is 0 Å². The minimum Gasteiger partial charge on any atom is -0.396 e. The Morgan fingerprint density at radius 1 is 0.895 bits per heavy atom. The second-order valence-electron chi connectivity index (χ2n) is 6.38. The number of aliphatic hydroxyl groups excluding tert-OH is 1. The first-order chi connectivity index (χ1) is 9.20. The number of aliphatic hydroxyl groups is 1. The predicted molar refractivity (Wildman–Crippen MR) is 79.4 cm³/mol. The van der Waals surface area contributed by atoms with E-state index in [-0.39, 0.29) is 0 Å². The van der Waals surface area contributed by atoms with Crippen molar-refractivity contribution in [3.05, 3.63) is 0 Å². The molecular weight excluding hydrogens is 238 g/mol. The number of hydrogen-bond donors (Lipinski definition) is 1. The fourth-order valence-corrected chi connectivity index (χ4v) is 3.57. The molecule has 0 aromatic rings. The number of rotatable bonds is 5. The maximum atomic E-state index is 9.15. The van der Waals surface area contributed by atoms with Crippen LogP contribution in [0, 0.1) is 0 Å². The summed E-state index contributed by atoms with van der Waals surface area (Å²) in [7, 11) is 4.45. The molecular formula is C15H31N3O. The second kappa shape index (κ2) is 7.58. The summed E-state index contributed by atoms with van der Waals surface area (Å²) in [5, 5.41) is 9.15. The van der Waals surface area contributed by atoms with Gasteiger partial charge in [0.1, 0.15) is 0 Å². The maximum absolute atomic E-state index is 9.15. The van der Waals surface area contributed by atoms with Gasteiger partial charge in [-0.1, -0.05) is 0 Å². The Bertz CT molecular complexity index is 224. The van der Waals surface area contributed by atoms with Gasteiger partial charge in [0.05, 0.1) is 0 Å². The minimum atomic E-state index is 0.329. The molecule has 2 heterocycles. The molecule has 0 aromatic carbocycles. The van der Waals surface area contributed by atoms with Gasteiger partial charge < -0.3 is 14.9 Å². The van der Waals surface area contributed by atoms with Crippen LogP contribution in [-0.2, 0) is 0 Å². The lowest BCUT2D eigenvalue weighted by Crippen LogP contribution is -2.52. The minimum absolute atomic E-state index is 0.329. The molecule has 19 heavy (non-hydrogen) atoms. The van der Waals surface area contributed by atoms with Crippen molar-refractivity contribution >= 4 is 0 Å². The Hall–Kier alpha value is -0.160. The maximum Gasteiger partial charge on any atom is 0.0443 e. The van der Waals surface area contributed by atoms with E-state index in [1.807, 2.05) is 0 Å². The van der Waals surface area contributed by atoms with Crippen molar-refractivity contribution in [2.24, 2.45) is 0 Å². The second-order valence-corrected chi connectivity index (χ2v) is 6.38. The van der Waals surface area contributed by atoms with Gasteiger partial charge in [-0.15, -0.1) is 0 Å². The fourth-order valence-electron chi connectivity index (χ4n) is 3.57. The molecule has 4 heteroatoms. The van der Waals surface area contributed by atoms with E-state index in [9.17, 15) is 0 Å². The normalized spacial score (nSPS) is 25.3. The zero-order valence-electron chi connectivity index (χ0n) is 12.7. The number of hydrogen-bond acceptors (Lipinski definition) is 4. The van der Waals surface area contributed by atoms with Gasteiger partial charge in [0.25, 0.3) is 0 Å². The van der Waals surface area contributed by atoms with E-state index in [2.05, 4.69) is 28.8 Å². The highest BCUT2D eigenvalue weighted by Crippen LogP contribution is 2.24. The summed E-state index contributed by atoms with van der Waals surface area (Å²) in [5.41, 5.74) is 0. The van der Waals surface area contributed by atoms with Gasteiger partial charge in [-0.25, -0.2) is 0 Å². The molecule has 0 amide bonds. The Morgan fingerprint density at radius 3 is 1.68 bits per heavy atom. The third kappa shape index (κ3) is 4.42. The van der Waals surface area contributed by atoms with Gasteiger partial charge >= 0.3 is 0 Å². The molecule has 2 fully saturated rings. The van der Waals surface area contributed by atoms with Crippen molar-refractivity contribution in [2.45, 2.75) is 44.2 Å². The van der Waals surface area contributed by atoms with Gasteiger partial charge in [0.2, 0.25) is 0 Å². The topological polar surface area (TPSA) is 30.0 Å². The van der Waals surface area contributed by atoms with Crippen LogP contribution in [0.3, 0.4) is 0 Å². The molecule has 0 spiro atoms. The van der Waals surface area contributed by atoms with Gasteiger partial charge in [-0.05, 0) is 72.4 Å². The average Bonchev–Trinajstić information content (AvgIpc) is 2.43. The molecule has 2 rings (SSSR count). The van der Waals surface area contributed by atoms with Crippen LogP contribution in [-0.4, -0.2) is 85.3 Å². The highest BCUT2D eigenvalue weighted by molar-refractivity contribution is 4.86.